The second-order valence-electron chi connectivity index (χ2n) is 8.41. The van der Waals surface area contributed by atoms with Gasteiger partial charge >= 0.3 is 0 Å². The van der Waals surface area contributed by atoms with Crippen molar-refractivity contribution in [3.63, 3.8) is 0 Å². The smallest absolute Gasteiger partial charge is 0.290 e. The van der Waals surface area contributed by atoms with Gasteiger partial charge in [0.25, 0.3) is 11.8 Å². The molecule has 0 unspecified atom stereocenters. The second kappa shape index (κ2) is 9.51. The molecule has 0 spiro atoms. The molecule has 2 N–H and O–H groups in total. The fraction of sp³-hybridized carbons (Fsp3) is 0.522. The molecule has 1 saturated carbocycles. The molecule has 8 nitrogen and oxygen atoms in total. The van der Waals surface area contributed by atoms with Crippen LogP contribution < -0.4 is 5.32 Å². The molecule has 0 radical (unpaired) electrons. The van der Waals surface area contributed by atoms with Crippen LogP contribution in [0.15, 0.2) is 41.7 Å². The lowest BCUT2D eigenvalue weighted by molar-refractivity contribution is -0.141. The summed E-state index contributed by atoms with van der Waals surface area (Å²) in [5.41, 5.74) is 1.37. The normalized spacial score (nSPS) is 24.5. The zero-order chi connectivity index (χ0) is 21.8. The predicted octanol–water partition coefficient (Wildman–Crippen LogP) is 1.34. The largest absolute Gasteiger partial charge is 0.503 e. The topological polar surface area (TPSA) is 99.2 Å². The molecule has 1 aromatic carbocycles. The van der Waals surface area contributed by atoms with Crippen LogP contribution in [0.4, 0.5) is 0 Å². The van der Waals surface area contributed by atoms with Crippen LogP contribution in [-0.2, 0) is 19.1 Å². The summed E-state index contributed by atoms with van der Waals surface area (Å²) >= 11 is 0. The van der Waals surface area contributed by atoms with E-state index in [2.05, 4.69) is 17.4 Å². The van der Waals surface area contributed by atoms with Gasteiger partial charge in [-0.1, -0.05) is 30.3 Å². The van der Waals surface area contributed by atoms with Crippen molar-refractivity contribution in [1.82, 2.24) is 15.1 Å². The van der Waals surface area contributed by atoms with Crippen molar-refractivity contribution in [2.24, 2.45) is 0 Å². The molecule has 3 aliphatic rings. The van der Waals surface area contributed by atoms with Crippen LogP contribution in [0.3, 0.4) is 0 Å². The van der Waals surface area contributed by atoms with Crippen molar-refractivity contribution in [1.29, 1.82) is 0 Å². The molecule has 2 aliphatic heterocycles. The van der Waals surface area contributed by atoms with Crippen molar-refractivity contribution in [3.05, 3.63) is 47.2 Å². The van der Waals surface area contributed by atoms with Gasteiger partial charge in [0, 0.05) is 19.1 Å². The molecular formula is C23H29N3O5. The summed E-state index contributed by atoms with van der Waals surface area (Å²) in [5.74, 6) is -1.35. The third-order valence-electron chi connectivity index (χ3n) is 6.42. The number of aliphatic hydroxyl groups excluding tert-OH is 1. The standard InChI is InChI=1S/C23H29N3O5/c27-20(25-10-12-31-13-11-25)15-26-14-19(21(28)23(26)30)22(29)24-18-8-6-17(7-9-18)16-4-2-1-3-5-16/h1-5,17-18,28H,6-15H2,(H,24,29)/t17-,18+. The Balaban J connectivity index is 1.28. The van der Waals surface area contributed by atoms with E-state index in [4.69, 9.17) is 4.74 Å². The second-order valence-corrected chi connectivity index (χ2v) is 8.41. The number of hydrogen-bond acceptors (Lipinski definition) is 5. The number of nitrogens with one attached hydrogen (secondary N) is 1. The highest BCUT2D eigenvalue weighted by Crippen LogP contribution is 2.33. The maximum absolute atomic E-state index is 12.7. The Morgan fingerprint density at radius 3 is 2.42 bits per heavy atom. The van der Waals surface area contributed by atoms with Crippen molar-refractivity contribution >= 4 is 17.7 Å². The molecule has 166 valence electrons. The van der Waals surface area contributed by atoms with E-state index in [-0.39, 0.29) is 30.6 Å². The summed E-state index contributed by atoms with van der Waals surface area (Å²) in [6.45, 7) is 1.72. The van der Waals surface area contributed by atoms with Crippen molar-refractivity contribution in [2.45, 2.75) is 37.6 Å². The third kappa shape index (κ3) is 4.90. The highest BCUT2D eigenvalue weighted by atomic mass is 16.5. The summed E-state index contributed by atoms with van der Waals surface area (Å²) in [4.78, 5) is 40.4. The lowest BCUT2D eigenvalue weighted by Crippen LogP contribution is -2.46. The average Bonchev–Trinajstić information content (AvgIpc) is 3.09. The van der Waals surface area contributed by atoms with E-state index in [0.29, 0.717) is 32.2 Å². The van der Waals surface area contributed by atoms with E-state index in [0.717, 1.165) is 25.7 Å². The Bertz CT molecular complexity index is 855. The molecule has 2 heterocycles. The fourth-order valence-corrected chi connectivity index (χ4v) is 4.57. The average molecular weight is 428 g/mol. The van der Waals surface area contributed by atoms with E-state index in [1.54, 1.807) is 4.90 Å². The molecule has 3 amide bonds. The number of amides is 3. The first-order valence-electron chi connectivity index (χ1n) is 11.0. The number of rotatable bonds is 5. The number of carbonyl (C=O) groups is 3. The molecule has 1 saturated heterocycles. The lowest BCUT2D eigenvalue weighted by Gasteiger charge is -2.29. The maximum atomic E-state index is 12.7. The van der Waals surface area contributed by atoms with Gasteiger partial charge in [-0.3, -0.25) is 14.4 Å². The summed E-state index contributed by atoms with van der Waals surface area (Å²) in [6.07, 6.45) is 3.68. The van der Waals surface area contributed by atoms with Gasteiger partial charge in [-0.15, -0.1) is 0 Å². The number of benzene rings is 1. The van der Waals surface area contributed by atoms with Crippen LogP contribution in [0.2, 0.25) is 0 Å². The van der Waals surface area contributed by atoms with E-state index in [9.17, 15) is 19.5 Å². The van der Waals surface area contributed by atoms with Gasteiger partial charge in [0.15, 0.2) is 5.76 Å². The molecule has 0 aromatic heterocycles. The molecular weight excluding hydrogens is 398 g/mol. The van der Waals surface area contributed by atoms with Gasteiger partial charge in [0.1, 0.15) is 6.54 Å². The van der Waals surface area contributed by atoms with Crippen LogP contribution in [0.1, 0.15) is 37.2 Å². The Hall–Kier alpha value is -2.87. The molecule has 0 bridgehead atoms. The molecule has 1 aromatic rings. The number of morpholine rings is 1. The monoisotopic (exact) mass is 427 g/mol. The highest BCUT2D eigenvalue weighted by Gasteiger charge is 2.36. The molecule has 2 fully saturated rings. The minimum Gasteiger partial charge on any atom is -0.503 e. The Labute approximate surface area is 181 Å². The molecule has 8 heteroatoms. The van der Waals surface area contributed by atoms with Gasteiger partial charge in [-0.2, -0.15) is 0 Å². The van der Waals surface area contributed by atoms with Crippen LogP contribution in [0, 0.1) is 0 Å². The highest BCUT2D eigenvalue weighted by molar-refractivity contribution is 6.07. The van der Waals surface area contributed by atoms with Crippen molar-refractivity contribution in [3.8, 4) is 0 Å². The lowest BCUT2D eigenvalue weighted by atomic mass is 9.82. The summed E-state index contributed by atoms with van der Waals surface area (Å²) in [6, 6.07) is 10.4. The first kappa shape index (κ1) is 21.4. The van der Waals surface area contributed by atoms with Crippen molar-refractivity contribution < 1.29 is 24.2 Å². The quantitative estimate of drug-likeness (QED) is 0.739. The Morgan fingerprint density at radius 2 is 1.74 bits per heavy atom. The SMILES string of the molecule is O=C(N[C@H]1CC[C@@H](c2ccccc2)CC1)C1=C(O)C(=O)N(CC(=O)N2CCOCC2)C1. The van der Waals surface area contributed by atoms with E-state index in [1.165, 1.54) is 10.5 Å². The van der Waals surface area contributed by atoms with Gasteiger partial charge in [0.2, 0.25) is 5.91 Å². The predicted molar refractivity (Wildman–Crippen MR) is 113 cm³/mol. The maximum Gasteiger partial charge on any atom is 0.290 e. The molecule has 1 aliphatic carbocycles. The summed E-state index contributed by atoms with van der Waals surface area (Å²) in [5, 5.41) is 13.2. The number of hydrogen-bond donors (Lipinski definition) is 2. The van der Waals surface area contributed by atoms with Gasteiger partial charge in [-0.05, 0) is 37.2 Å². The van der Waals surface area contributed by atoms with Crippen LogP contribution in [0.25, 0.3) is 0 Å². The van der Waals surface area contributed by atoms with Crippen LogP contribution >= 0.6 is 0 Å². The zero-order valence-corrected chi connectivity index (χ0v) is 17.6. The number of carbonyl (C=O) groups excluding carboxylic acids is 3. The Morgan fingerprint density at radius 1 is 1.06 bits per heavy atom. The minimum absolute atomic E-state index is 0.0203. The first-order valence-corrected chi connectivity index (χ1v) is 11.0. The van der Waals surface area contributed by atoms with Gasteiger partial charge in [-0.25, -0.2) is 0 Å². The van der Waals surface area contributed by atoms with E-state index < -0.39 is 17.6 Å². The van der Waals surface area contributed by atoms with E-state index in [1.807, 2.05) is 18.2 Å². The van der Waals surface area contributed by atoms with E-state index >= 15 is 0 Å². The Kier molecular flexibility index (Phi) is 6.56. The molecule has 4 rings (SSSR count). The number of aliphatic hydroxyl groups is 1. The third-order valence-corrected chi connectivity index (χ3v) is 6.42. The van der Waals surface area contributed by atoms with Gasteiger partial charge < -0.3 is 25.0 Å². The fourth-order valence-electron chi connectivity index (χ4n) is 4.57. The zero-order valence-electron chi connectivity index (χ0n) is 17.6. The van der Waals surface area contributed by atoms with Crippen molar-refractivity contribution in [2.75, 3.05) is 39.4 Å². The van der Waals surface area contributed by atoms with Crippen LogP contribution in [0.5, 0.6) is 0 Å². The minimum atomic E-state index is -0.667. The summed E-state index contributed by atoms with van der Waals surface area (Å²) < 4.78 is 5.23. The number of nitrogens with zero attached hydrogens (tertiary/aromatic N) is 2. The van der Waals surface area contributed by atoms with Gasteiger partial charge in [0.05, 0.1) is 25.3 Å². The molecule has 0 atom stereocenters. The van der Waals surface area contributed by atoms with Crippen LogP contribution in [-0.4, -0.2) is 78.1 Å². The molecule has 31 heavy (non-hydrogen) atoms. The number of ether oxygens (including phenoxy) is 1. The first-order chi connectivity index (χ1) is 15.0. The summed E-state index contributed by atoms with van der Waals surface area (Å²) in [7, 11) is 0.